The molecule has 2 bridgehead atoms. The number of rotatable bonds is 3. The zero-order valence-corrected chi connectivity index (χ0v) is 14.7. The van der Waals surface area contributed by atoms with Gasteiger partial charge in [-0.25, -0.2) is 0 Å². The van der Waals surface area contributed by atoms with Crippen molar-refractivity contribution in [1.82, 2.24) is 15.2 Å². The summed E-state index contributed by atoms with van der Waals surface area (Å²) in [7, 11) is 0. The Hall–Kier alpha value is -2.15. The number of anilines is 1. The molecule has 1 unspecified atom stereocenters. The third-order valence-electron chi connectivity index (χ3n) is 5.71. The number of amides is 1. The van der Waals surface area contributed by atoms with Crippen molar-refractivity contribution >= 4 is 22.6 Å². The number of hydrogen-bond acceptors (Lipinski definition) is 5. The molecule has 2 aliphatic rings. The van der Waals surface area contributed by atoms with Gasteiger partial charge < -0.3 is 21.1 Å². The molecular formula is C18H25N5O2. The molecule has 0 saturated heterocycles. The van der Waals surface area contributed by atoms with Gasteiger partial charge in [-0.1, -0.05) is 13.8 Å². The Labute approximate surface area is 146 Å². The van der Waals surface area contributed by atoms with Crippen LogP contribution in [0.15, 0.2) is 12.3 Å². The molecule has 134 valence electrons. The number of aromatic amines is 1. The van der Waals surface area contributed by atoms with Crippen molar-refractivity contribution < 1.29 is 9.90 Å². The van der Waals surface area contributed by atoms with Crippen molar-refractivity contribution in [1.29, 1.82) is 0 Å². The lowest BCUT2D eigenvalue weighted by Crippen LogP contribution is -2.57. The predicted molar refractivity (Wildman–Crippen MR) is 95.1 cm³/mol. The fraction of sp³-hybridized carbons (Fsp3) is 0.611. The Morgan fingerprint density at radius 3 is 2.60 bits per heavy atom. The van der Waals surface area contributed by atoms with Gasteiger partial charge in [0.15, 0.2) is 11.3 Å². The summed E-state index contributed by atoms with van der Waals surface area (Å²) in [6.07, 6.45) is 6.02. The van der Waals surface area contributed by atoms with Gasteiger partial charge in [-0.15, -0.1) is 10.2 Å². The highest BCUT2D eigenvalue weighted by atomic mass is 16.3. The second kappa shape index (κ2) is 5.42. The van der Waals surface area contributed by atoms with Gasteiger partial charge in [-0.2, -0.15) is 0 Å². The number of carbonyl (C=O) groups excluding carboxylic acids is 1. The van der Waals surface area contributed by atoms with Gasteiger partial charge in [-0.3, -0.25) is 4.79 Å². The highest BCUT2D eigenvalue weighted by Gasteiger charge is 2.51. The molecule has 0 aliphatic heterocycles. The summed E-state index contributed by atoms with van der Waals surface area (Å²) < 4.78 is 0. The fourth-order valence-corrected chi connectivity index (χ4v) is 5.49. The van der Waals surface area contributed by atoms with Gasteiger partial charge >= 0.3 is 0 Å². The van der Waals surface area contributed by atoms with E-state index in [2.05, 4.69) is 34.3 Å². The molecular weight excluding hydrogens is 318 g/mol. The Morgan fingerprint density at radius 2 is 1.96 bits per heavy atom. The molecule has 2 saturated carbocycles. The van der Waals surface area contributed by atoms with E-state index >= 15 is 0 Å². The van der Waals surface area contributed by atoms with Crippen LogP contribution in [0.3, 0.4) is 0 Å². The Bertz CT molecular complexity index is 816. The first-order valence-corrected chi connectivity index (χ1v) is 8.93. The van der Waals surface area contributed by atoms with Gasteiger partial charge in [0.1, 0.15) is 0 Å². The van der Waals surface area contributed by atoms with E-state index < -0.39 is 11.5 Å². The number of aliphatic hydroxyl groups is 1. The molecule has 4 atom stereocenters. The number of primary amides is 1. The second-order valence-corrected chi connectivity index (χ2v) is 8.36. The molecule has 2 aliphatic carbocycles. The zero-order valence-electron chi connectivity index (χ0n) is 14.7. The number of nitrogens with zero attached hydrogens (tertiary/aromatic N) is 2. The van der Waals surface area contributed by atoms with Crippen LogP contribution >= 0.6 is 0 Å². The predicted octanol–water partition coefficient (Wildman–Crippen LogP) is 2.19. The molecule has 0 spiro atoms. The van der Waals surface area contributed by atoms with Gasteiger partial charge in [0.2, 0.25) is 0 Å². The van der Waals surface area contributed by atoms with Crippen LogP contribution in [0, 0.1) is 11.8 Å². The minimum atomic E-state index is -0.646. The third-order valence-corrected chi connectivity index (χ3v) is 5.71. The first-order chi connectivity index (χ1) is 11.8. The molecule has 2 aromatic heterocycles. The monoisotopic (exact) mass is 343 g/mol. The summed E-state index contributed by atoms with van der Waals surface area (Å²) >= 11 is 0. The van der Waals surface area contributed by atoms with Crippen molar-refractivity contribution in [3.05, 3.63) is 18.0 Å². The molecule has 0 radical (unpaired) electrons. The number of aromatic nitrogens is 3. The largest absolute Gasteiger partial charge is 0.390 e. The molecule has 2 fully saturated rings. The smallest absolute Gasteiger partial charge is 0.271 e. The number of nitrogens with two attached hydrogens (primary N) is 1. The number of H-pyrrole nitrogens is 1. The molecule has 2 heterocycles. The molecule has 2 aromatic rings. The van der Waals surface area contributed by atoms with Gasteiger partial charge in [0, 0.05) is 17.1 Å². The number of fused-ring (bicyclic) bond motifs is 3. The van der Waals surface area contributed by atoms with Crippen molar-refractivity contribution in [2.45, 2.75) is 57.1 Å². The minimum Gasteiger partial charge on any atom is -0.390 e. The fourth-order valence-electron chi connectivity index (χ4n) is 5.49. The molecule has 0 aromatic carbocycles. The highest BCUT2D eigenvalue weighted by Crippen LogP contribution is 2.51. The minimum absolute atomic E-state index is 0.154. The lowest BCUT2D eigenvalue weighted by molar-refractivity contribution is -0.0838. The highest BCUT2D eigenvalue weighted by molar-refractivity contribution is 6.04. The average Bonchev–Trinajstić information content (AvgIpc) is 2.92. The number of hydrogen-bond donors (Lipinski definition) is 4. The summed E-state index contributed by atoms with van der Waals surface area (Å²) in [5.74, 6) is 0.219. The number of carbonyl (C=O) groups is 1. The first kappa shape index (κ1) is 16.3. The molecule has 25 heavy (non-hydrogen) atoms. The topological polar surface area (TPSA) is 117 Å². The Balaban J connectivity index is 1.81. The van der Waals surface area contributed by atoms with E-state index in [4.69, 9.17) is 5.73 Å². The normalized spacial score (nSPS) is 34.8. The lowest BCUT2D eigenvalue weighted by Gasteiger charge is -2.54. The standard InChI is InChI=1S/C18H25N5O2/c1-10-5-17(6-11(2)8-18(25,7-10)9-17)21-13-12-3-4-20-16(12)23-22-14(13)15(19)24/h3-4,10-11,25H,5-9H2,1-2H3,(H2,19,24)(H2,20,21,23)/t10-,11+,17-,18?. The summed E-state index contributed by atoms with van der Waals surface area (Å²) in [5, 5.41) is 23.5. The van der Waals surface area contributed by atoms with E-state index in [0.29, 0.717) is 29.6 Å². The molecule has 7 heteroatoms. The first-order valence-electron chi connectivity index (χ1n) is 8.93. The van der Waals surface area contributed by atoms with Gasteiger partial charge in [0.25, 0.3) is 5.91 Å². The van der Waals surface area contributed by atoms with Crippen molar-refractivity contribution in [2.24, 2.45) is 17.6 Å². The van der Waals surface area contributed by atoms with Crippen LogP contribution < -0.4 is 11.1 Å². The maximum atomic E-state index is 11.9. The zero-order chi connectivity index (χ0) is 17.8. The van der Waals surface area contributed by atoms with Crippen LogP contribution in [0.25, 0.3) is 11.0 Å². The lowest BCUT2D eigenvalue weighted by atomic mass is 9.59. The van der Waals surface area contributed by atoms with E-state index in [9.17, 15) is 9.90 Å². The van der Waals surface area contributed by atoms with Crippen LogP contribution in [0.4, 0.5) is 5.69 Å². The summed E-state index contributed by atoms with van der Waals surface area (Å²) in [4.78, 5) is 14.9. The van der Waals surface area contributed by atoms with Gasteiger partial charge in [0.05, 0.1) is 11.3 Å². The van der Waals surface area contributed by atoms with Crippen LogP contribution in [0.1, 0.15) is 56.4 Å². The third kappa shape index (κ3) is 2.76. The van der Waals surface area contributed by atoms with Crippen molar-refractivity contribution in [3.63, 3.8) is 0 Å². The summed E-state index contributed by atoms with van der Waals surface area (Å²) in [6, 6.07) is 1.88. The Morgan fingerprint density at radius 1 is 1.28 bits per heavy atom. The van der Waals surface area contributed by atoms with Crippen molar-refractivity contribution in [3.8, 4) is 0 Å². The Kier molecular flexibility index (Phi) is 3.54. The average molecular weight is 343 g/mol. The van der Waals surface area contributed by atoms with Crippen LogP contribution in [0.2, 0.25) is 0 Å². The summed E-state index contributed by atoms with van der Waals surface area (Å²) in [6.45, 7) is 4.37. The maximum Gasteiger partial charge on any atom is 0.271 e. The molecule has 1 amide bonds. The second-order valence-electron chi connectivity index (χ2n) is 8.36. The van der Waals surface area contributed by atoms with Crippen LogP contribution in [-0.2, 0) is 0 Å². The van der Waals surface area contributed by atoms with E-state index in [1.807, 2.05) is 6.07 Å². The SMILES string of the molecule is C[C@@H]1CC2(O)C[C@H](C)C[C@@](Nc3c(C(N)=O)nnc4[nH]ccc34)(C1)C2. The molecule has 7 nitrogen and oxygen atoms in total. The van der Waals surface area contributed by atoms with E-state index in [1.165, 1.54) is 0 Å². The van der Waals surface area contributed by atoms with E-state index in [1.54, 1.807) is 6.20 Å². The molecule has 4 rings (SSSR count). The quantitative estimate of drug-likeness (QED) is 0.681. The maximum absolute atomic E-state index is 11.9. The van der Waals surface area contributed by atoms with Crippen molar-refractivity contribution in [2.75, 3.05) is 5.32 Å². The van der Waals surface area contributed by atoms with Crippen LogP contribution in [-0.4, -0.2) is 37.3 Å². The number of nitrogens with one attached hydrogen (secondary N) is 2. The summed E-state index contributed by atoms with van der Waals surface area (Å²) in [5.41, 5.74) is 6.04. The van der Waals surface area contributed by atoms with E-state index in [0.717, 1.165) is 31.1 Å². The molecule has 5 N–H and O–H groups in total. The van der Waals surface area contributed by atoms with E-state index in [-0.39, 0.29) is 11.2 Å². The van der Waals surface area contributed by atoms with Gasteiger partial charge in [-0.05, 0) is 50.0 Å². The van der Waals surface area contributed by atoms with Crippen LogP contribution in [0.5, 0.6) is 0 Å².